The van der Waals surface area contributed by atoms with E-state index in [9.17, 15) is 0 Å². The number of hydrogen-bond donors (Lipinski definition) is 1. The van der Waals surface area contributed by atoms with Crippen molar-refractivity contribution in [2.24, 2.45) is 0 Å². The predicted molar refractivity (Wildman–Crippen MR) is 93.5 cm³/mol. The van der Waals surface area contributed by atoms with Crippen LogP contribution >= 0.6 is 0 Å². The summed E-state index contributed by atoms with van der Waals surface area (Å²) < 4.78 is 5.27. The highest BCUT2D eigenvalue weighted by Gasteiger charge is 2.15. The monoisotopic (exact) mass is 300 g/mol. The van der Waals surface area contributed by atoms with Crippen LogP contribution in [0, 0.1) is 0 Å². The molecule has 0 aliphatic heterocycles. The van der Waals surface area contributed by atoms with Gasteiger partial charge in [0.2, 0.25) is 0 Å². The Bertz CT molecular complexity index is 940. The second-order valence-electron chi connectivity index (χ2n) is 5.37. The van der Waals surface area contributed by atoms with Crippen molar-refractivity contribution >= 4 is 11.0 Å². The molecule has 0 bridgehead atoms. The highest BCUT2D eigenvalue weighted by molar-refractivity contribution is 6.01. The molecule has 0 fully saturated rings. The van der Waals surface area contributed by atoms with Crippen LogP contribution in [0.1, 0.15) is 0 Å². The van der Waals surface area contributed by atoms with Gasteiger partial charge in [-0.3, -0.25) is 4.98 Å². The van der Waals surface area contributed by atoms with Crippen LogP contribution in [-0.2, 0) is 0 Å². The third-order valence-corrected chi connectivity index (χ3v) is 4.00. The van der Waals surface area contributed by atoms with Crippen LogP contribution < -0.4 is 4.74 Å². The fourth-order valence-electron chi connectivity index (χ4n) is 2.88. The molecule has 0 unspecified atom stereocenters. The van der Waals surface area contributed by atoms with E-state index in [0.29, 0.717) is 0 Å². The van der Waals surface area contributed by atoms with Gasteiger partial charge in [-0.25, -0.2) is 0 Å². The van der Waals surface area contributed by atoms with Crippen LogP contribution in [0.2, 0.25) is 0 Å². The summed E-state index contributed by atoms with van der Waals surface area (Å²) in [5, 5.41) is 0. The summed E-state index contributed by atoms with van der Waals surface area (Å²) in [4.78, 5) is 8.10. The van der Waals surface area contributed by atoms with E-state index in [-0.39, 0.29) is 0 Å². The van der Waals surface area contributed by atoms with E-state index >= 15 is 0 Å². The van der Waals surface area contributed by atoms with Gasteiger partial charge in [-0.1, -0.05) is 42.5 Å². The van der Waals surface area contributed by atoms with E-state index in [1.54, 1.807) is 7.11 Å². The number of pyridine rings is 1. The number of ether oxygens (including phenoxy) is 1. The van der Waals surface area contributed by atoms with Crippen molar-refractivity contribution in [3.63, 3.8) is 0 Å². The van der Waals surface area contributed by atoms with Crippen molar-refractivity contribution in [2.45, 2.75) is 0 Å². The molecule has 0 saturated carbocycles. The molecule has 0 aliphatic carbocycles. The smallest absolute Gasteiger partial charge is 0.118 e. The van der Waals surface area contributed by atoms with E-state index in [1.807, 2.05) is 42.6 Å². The number of H-pyrrole nitrogens is 1. The molecule has 0 atom stereocenters. The zero-order valence-corrected chi connectivity index (χ0v) is 12.8. The summed E-state index contributed by atoms with van der Waals surface area (Å²) in [6.07, 6.45) is 1.83. The quantitative estimate of drug-likeness (QED) is 0.584. The van der Waals surface area contributed by atoms with E-state index in [0.717, 1.165) is 39.2 Å². The van der Waals surface area contributed by atoms with Crippen LogP contribution in [0.3, 0.4) is 0 Å². The summed E-state index contributed by atoms with van der Waals surface area (Å²) in [7, 11) is 1.68. The first kappa shape index (κ1) is 13.6. The van der Waals surface area contributed by atoms with Crippen LogP contribution in [0.15, 0.2) is 72.9 Å². The molecular weight excluding hydrogens is 284 g/mol. The zero-order valence-electron chi connectivity index (χ0n) is 12.8. The summed E-state index contributed by atoms with van der Waals surface area (Å²) in [5.74, 6) is 0.850. The maximum Gasteiger partial charge on any atom is 0.118 e. The molecule has 0 radical (unpaired) electrons. The number of methoxy groups -OCH3 is 1. The number of aromatic nitrogens is 2. The van der Waals surface area contributed by atoms with Gasteiger partial charge in [0, 0.05) is 11.8 Å². The molecule has 0 spiro atoms. The van der Waals surface area contributed by atoms with Crippen molar-refractivity contribution in [1.29, 1.82) is 0 Å². The topological polar surface area (TPSA) is 37.9 Å². The van der Waals surface area contributed by atoms with Gasteiger partial charge >= 0.3 is 0 Å². The first-order valence-electron chi connectivity index (χ1n) is 7.53. The van der Waals surface area contributed by atoms with Gasteiger partial charge in [0.05, 0.1) is 23.8 Å². The molecule has 0 saturated heterocycles. The number of aromatic amines is 1. The van der Waals surface area contributed by atoms with Crippen molar-refractivity contribution in [1.82, 2.24) is 9.97 Å². The van der Waals surface area contributed by atoms with E-state index in [4.69, 9.17) is 4.74 Å². The number of benzene rings is 2. The highest BCUT2D eigenvalue weighted by Crippen LogP contribution is 2.37. The van der Waals surface area contributed by atoms with Gasteiger partial charge in [-0.2, -0.15) is 0 Å². The maximum absolute atomic E-state index is 5.27. The fraction of sp³-hybridized carbons (Fsp3) is 0.0500. The fourth-order valence-corrected chi connectivity index (χ4v) is 2.88. The first-order valence-corrected chi connectivity index (χ1v) is 7.53. The molecule has 1 N–H and O–H groups in total. The molecular formula is C20H16N2O. The summed E-state index contributed by atoms with van der Waals surface area (Å²) in [6, 6.07) is 22.4. The number of nitrogens with zero attached hydrogens (tertiary/aromatic N) is 1. The standard InChI is InChI=1S/C20H16N2O/c1-23-16-11-9-14(10-12-16)18-19(15-6-3-2-4-7-15)22-17-8-5-13-21-20(17)18/h2-13,22H,1H3. The number of hydrogen-bond acceptors (Lipinski definition) is 2. The van der Waals surface area contributed by atoms with Gasteiger partial charge in [-0.15, -0.1) is 0 Å². The van der Waals surface area contributed by atoms with E-state index in [1.165, 1.54) is 0 Å². The molecule has 2 heterocycles. The molecule has 3 nitrogen and oxygen atoms in total. The Morgan fingerprint density at radius 3 is 2.35 bits per heavy atom. The Balaban J connectivity index is 1.99. The largest absolute Gasteiger partial charge is 0.497 e. The van der Waals surface area contributed by atoms with Crippen LogP contribution in [-0.4, -0.2) is 17.1 Å². The number of rotatable bonds is 3. The lowest BCUT2D eigenvalue weighted by Crippen LogP contribution is -1.85. The molecule has 112 valence electrons. The Kier molecular flexibility index (Phi) is 3.31. The van der Waals surface area contributed by atoms with Crippen molar-refractivity contribution < 1.29 is 4.74 Å². The Hall–Kier alpha value is -3.07. The molecule has 4 rings (SSSR count). The summed E-state index contributed by atoms with van der Waals surface area (Å²) >= 11 is 0. The third kappa shape index (κ3) is 2.36. The Morgan fingerprint density at radius 2 is 1.61 bits per heavy atom. The number of nitrogens with one attached hydrogen (secondary N) is 1. The molecule has 23 heavy (non-hydrogen) atoms. The average molecular weight is 300 g/mol. The summed E-state index contributed by atoms with van der Waals surface area (Å²) in [5.41, 5.74) is 6.50. The second kappa shape index (κ2) is 5.61. The lowest BCUT2D eigenvalue weighted by atomic mass is 10.0. The van der Waals surface area contributed by atoms with Crippen molar-refractivity contribution in [3.8, 4) is 28.1 Å². The molecule has 2 aromatic carbocycles. The van der Waals surface area contributed by atoms with Crippen LogP contribution in [0.5, 0.6) is 5.75 Å². The second-order valence-corrected chi connectivity index (χ2v) is 5.37. The number of fused-ring (bicyclic) bond motifs is 1. The van der Waals surface area contributed by atoms with Gasteiger partial charge in [0.25, 0.3) is 0 Å². The SMILES string of the molecule is COc1ccc(-c2c(-c3ccccc3)[nH]c3cccnc23)cc1. The van der Waals surface area contributed by atoms with Crippen LogP contribution in [0.4, 0.5) is 0 Å². The molecule has 4 aromatic rings. The zero-order chi connectivity index (χ0) is 15.6. The minimum Gasteiger partial charge on any atom is -0.497 e. The van der Waals surface area contributed by atoms with Gasteiger partial charge in [0.15, 0.2) is 0 Å². The van der Waals surface area contributed by atoms with Gasteiger partial charge < -0.3 is 9.72 Å². The predicted octanol–water partition coefficient (Wildman–Crippen LogP) is 4.91. The third-order valence-electron chi connectivity index (χ3n) is 4.00. The van der Waals surface area contributed by atoms with Crippen molar-refractivity contribution in [2.75, 3.05) is 7.11 Å². The highest BCUT2D eigenvalue weighted by atomic mass is 16.5. The van der Waals surface area contributed by atoms with Crippen LogP contribution in [0.25, 0.3) is 33.4 Å². The summed E-state index contributed by atoms with van der Waals surface area (Å²) in [6.45, 7) is 0. The molecule has 0 aliphatic rings. The molecule has 3 heteroatoms. The first-order chi connectivity index (χ1) is 11.4. The lowest BCUT2D eigenvalue weighted by molar-refractivity contribution is 0.415. The Labute approximate surface area is 134 Å². The molecule has 0 amide bonds. The van der Waals surface area contributed by atoms with E-state index in [2.05, 4.69) is 40.3 Å². The maximum atomic E-state index is 5.27. The van der Waals surface area contributed by atoms with Gasteiger partial charge in [0.1, 0.15) is 5.75 Å². The van der Waals surface area contributed by atoms with Gasteiger partial charge in [-0.05, 0) is 35.4 Å². The van der Waals surface area contributed by atoms with E-state index < -0.39 is 0 Å². The molecule has 2 aromatic heterocycles. The average Bonchev–Trinajstić information content (AvgIpc) is 3.02. The lowest BCUT2D eigenvalue weighted by Gasteiger charge is -2.06. The normalized spacial score (nSPS) is 10.8. The minimum absolute atomic E-state index is 0.850. The Morgan fingerprint density at radius 1 is 0.826 bits per heavy atom. The van der Waals surface area contributed by atoms with Crippen molar-refractivity contribution in [3.05, 3.63) is 72.9 Å². The minimum atomic E-state index is 0.850.